The molecule has 0 spiro atoms. The van der Waals surface area contributed by atoms with Crippen molar-refractivity contribution in [3.8, 4) is 0 Å². The molecule has 0 radical (unpaired) electrons. The maximum Gasteiger partial charge on any atom is 0.338 e. The molecule has 0 N–H and O–H groups in total. The largest absolute Gasteiger partial charge is 0.465 e. The fraction of sp³-hybridized carbons (Fsp3) is 0.364. The lowest BCUT2D eigenvalue weighted by molar-refractivity contribution is 0.0597. The highest BCUT2D eigenvalue weighted by molar-refractivity contribution is 7.52. The van der Waals surface area contributed by atoms with E-state index in [4.69, 9.17) is 9.05 Å². The topological polar surface area (TPSA) is 61.8 Å². The summed E-state index contributed by atoms with van der Waals surface area (Å²) in [5, 5.41) is 0. The van der Waals surface area contributed by atoms with Crippen molar-refractivity contribution in [2.24, 2.45) is 0 Å². The van der Waals surface area contributed by atoms with Gasteiger partial charge in [0.1, 0.15) is 0 Å². The molecular formula is C11H15O5P. The van der Waals surface area contributed by atoms with Crippen molar-refractivity contribution in [2.75, 3.05) is 20.9 Å². The van der Waals surface area contributed by atoms with Crippen LogP contribution in [0.25, 0.3) is 0 Å². The summed E-state index contributed by atoms with van der Waals surface area (Å²) in [7, 11) is -0.432. The van der Waals surface area contributed by atoms with Gasteiger partial charge < -0.3 is 13.8 Å². The van der Waals surface area contributed by atoms with Crippen LogP contribution in [0.15, 0.2) is 24.3 Å². The Kier molecular flexibility index (Phi) is 4.87. The summed E-state index contributed by atoms with van der Waals surface area (Å²) in [5.74, 6) is -0.451. The molecule has 1 atom stereocenters. The van der Waals surface area contributed by atoms with Crippen LogP contribution >= 0.6 is 7.60 Å². The summed E-state index contributed by atoms with van der Waals surface area (Å²) in [5.41, 5.74) is 1.00. The minimum Gasteiger partial charge on any atom is -0.465 e. The van der Waals surface area contributed by atoms with Crippen molar-refractivity contribution in [3.05, 3.63) is 35.4 Å². The average Bonchev–Trinajstić information content (AvgIpc) is 2.36. The van der Waals surface area contributed by atoms with Crippen molar-refractivity contribution >= 4 is 13.6 Å². The van der Waals surface area contributed by atoms with E-state index in [-0.39, 0.29) is 6.61 Å². The predicted octanol–water partition coefficient (Wildman–Crippen LogP) is 2.46. The van der Waals surface area contributed by atoms with Gasteiger partial charge in [0.25, 0.3) is 0 Å². The number of hydrogen-bond donors (Lipinski definition) is 0. The van der Waals surface area contributed by atoms with Crippen LogP contribution in [0.3, 0.4) is 0 Å². The second-order valence-electron chi connectivity index (χ2n) is 3.38. The van der Waals surface area contributed by atoms with E-state index >= 15 is 0 Å². The molecule has 0 aromatic heterocycles. The van der Waals surface area contributed by atoms with Crippen LogP contribution in [-0.2, 0) is 25.0 Å². The molecule has 1 aromatic rings. The van der Waals surface area contributed by atoms with Crippen LogP contribution in [0.2, 0.25) is 0 Å². The van der Waals surface area contributed by atoms with Gasteiger partial charge in [-0.15, -0.1) is 0 Å². The first-order chi connectivity index (χ1) is 8.00. The van der Waals surface area contributed by atoms with E-state index in [1.165, 1.54) is 20.9 Å². The molecule has 0 amide bonds. The Hall–Kier alpha value is -1.16. The van der Waals surface area contributed by atoms with Crippen LogP contribution in [0.5, 0.6) is 0 Å². The third kappa shape index (κ3) is 3.97. The van der Waals surface area contributed by atoms with Gasteiger partial charge in [-0.1, -0.05) is 18.2 Å². The number of esters is 1. The minimum absolute atomic E-state index is 0.0346. The lowest BCUT2D eigenvalue weighted by Crippen LogP contribution is -2.06. The van der Waals surface area contributed by atoms with E-state index in [0.717, 1.165) is 0 Å². The molecule has 1 rings (SSSR count). The van der Waals surface area contributed by atoms with Crippen LogP contribution in [-0.4, -0.2) is 26.9 Å². The van der Waals surface area contributed by atoms with E-state index in [0.29, 0.717) is 11.1 Å². The highest BCUT2D eigenvalue weighted by Crippen LogP contribution is 2.43. The zero-order valence-electron chi connectivity index (χ0n) is 10.0. The summed E-state index contributed by atoms with van der Waals surface area (Å²) in [6, 6.07) is 6.82. The predicted molar refractivity (Wildman–Crippen MR) is 63.1 cm³/mol. The van der Waals surface area contributed by atoms with Gasteiger partial charge in [-0.3, -0.25) is 4.57 Å². The van der Waals surface area contributed by atoms with E-state index in [1.54, 1.807) is 24.3 Å². The highest BCUT2D eigenvalue weighted by atomic mass is 31.2. The summed E-state index contributed by atoms with van der Waals surface area (Å²) in [6.45, 7) is 1.40. The van der Waals surface area contributed by atoms with Crippen molar-refractivity contribution in [3.63, 3.8) is 0 Å². The van der Waals surface area contributed by atoms with Crippen molar-refractivity contribution in [1.29, 1.82) is 0 Å². The summed E-state index contributed by atoms with van der Waals surface area (Å²) >= 11 is 0. The molecule has 1 aromatic carbocycles. The number of ether oxygens (including phenoxy) is 1. The van der Waals surface area contributed by atoms with Crippen LogP contribution in [0.1, 0.15) is 15.9 Å². The molecule has 17 heavy (non-hydrogen) atoms. The van der Waals surface area contributed by atoms with Gasteiger partial charge in [0, 0.05) is 13.8 Å². The summed E-state index contributed by atoms with van der Waals surface area (Å²) in [4.78, 5) is 11.5. The van der Waals surface area contributed by atoms with Crippen molar-refractivity contribution < 1.29 is 23.1 Å². The van der Waals surface area contributed by atoms with Crippen molar-refractivity contribution in [2.45, 2.75) is 6.61 Å². The van der Waals surface area contributed by atoms with Crippen LogP contribution in [0, 0.1) is 0 Å². The summed E-state index contributed by atoms with van der Waals surface area (Å²) < 4.78 is 26.0. The number of hydrogen-bond acceptors (Lipinski definition) is 5. The maximum atomic E-state index is 11.5. The van der Waals surface area contributed by atoms with Gasteiger partial charge in [0.05, 0.1) is 19.3 Å². The number of methoxy groups -OCH3 is 1. The molecule has 0 saturated carbocycles. The van der Waals surface area contributed by atoms with E-state index in [1.807, 2.05) is 0 Å². The Bertz CT molecular complexity index is 443. The van der Waals surface area contributed by atoms with E-state index in [9.17, 15) is 9.36 Å². The van der Waals surface area contributed by atoms with Gasteiger partial charge in [-0.2, -0.15) is 0 Å². The molecule has 0 fully saturated rings. The Balaban J connectivity index is 2.84. The van der Waals surface area contributed by atoms with E-state index in [2.05, 4.69) is 4.74 Å². The van der Waals surface area contributed by atoms with Gasteiger partial charge in [0.15, 0.2) is 0 Å². The quantitative estimate of drug-likeness (QED) is 0.599. The fourth-order valence-corrected chi connectivity index (χ4v) is 1.67. The van der Waals surface area contributed by atoms with Gasteiger partial charge >= 0.3 is 13.6 Å². The number of rotatable bonds is 5. The second-order valence-corrected chi connectivity index (χ2v) is 5.54. The zero-order valence-corrected chi connectivity index (χ0v) is 10.9. The molecule has 0 aliphatic carbocycles. The summed E-state index contributed by atoms with van der Waals surface area (Å²) in [6.07, 6.45) is 0. The first-order valence-corrected chi connectivity index (χ1v) is 6.93. The molecule has 94 valence electrons. The number of carbonyl (C=O) groups is 1. The molecule has 6 heteroatoms. The molecule has 0 heterocycles. The molecular weight excluding hydrogens is 243 g/mol. The molecule has 0 saturated heterocycles. The Morgan fingerprint density at radius 3 is 2.53 bits per heavy atom. The average molecular weight is 258 g/mol. The van der Waals surface area contributed by atoms with E-state index < -0.39 is 13.6 Å². The number of carbonyl (C=O) groups excluding carboxylic acids is 1. The lowest BCUT2D eigenvalue weighted by atomic mass is 10.1. The first kappa shape index (κ1) is 13.9. The highest BCUT2D eigenvalue weighted by Gasteiger charge is 2.17. The van der Waals surface area contributed by atoms with Gasteiger partial charge in [-0.25, -0.2) is 4.79 Å². The van der Waals surface area contributed by atoms with Crippen LogP contribution in [0.4, 0.5) is 0 Å². The van der Waals surface area contributed by atoms with Crippen LogP contribution < -0.4 is 0 Å². The Labute approximate surface area is 100 Å². The smallest absolute Gasteiger partial charge is 0.338 e. The SMILES string of the molecule is COC(=O)c1ccccc1COP(C)(=O)OC. The zero-order chi connectivity index (χ0) is 12.9. The Morgan fingerprint density at radius 1 is 1.29 bits per heavy atom. The maximum absolute atomic E-state index is 11.5. The molecule has 0 aliphatic rings. The first-order valence-electron chi connectivity index (χ1n) is 4.94. The third-order valence-electron chi connectivity index (χ3n) is 2.21. The lowest BCUT2D eigenvalue weighted by Gasteiger charge is -2.12. The molecule has 0 bridgehead atoms. The second kappa shape index (κ2) is 5.96. The van der Waals surface area contributed by atoms with Gasteiger partial charge in [0.2, 0.25) is 0 Å². The molecule has 0 aliphatic heterocycles. The molecule has 1 unspecified atom stereocenters. The normalized spacial score (nSPS) is 14.1. The number of benzene rings is 1. The standard InChI is InChI=1S/C11H15O5P/c1-14-11(12)10-7-5-4-6-9(10)8-16-17(3,13)15-2/h4-7H,8H2,1-3H3. The monoisotopic (exact) mass is 258 g/mol. The third-order valence-corrected chi connectivity index (χ3v) is 3.47. The van der Waals surface area contributed by atoms with Crippen molar-refractivity contribution in [1.82, 2.24) is 0 Å². The van der Waals surface area contributed by atoms with Gasteiger partial charge in [-0.05, 0) is 11.6 Å². The Morgan fingerprint density at radius 2 is 1.94 bits per heavy atom. The molecule has 5 nitrogen and oxygen atoms in total. The minimum atomic E-state index is -3.05. The fourth-order valence-electron chi connectivity index (χ4n) is 1.19.